The number of para-hydroxylation sites is 1. The fraction of sp³-hybridized carbons (Fsp3) is 0.333. The number of nitrogens with one attached hydrogen (secondary N) is 1. The first kappa shape index (κ1) is 17.9. The van der Waals surface area contributed by atoms with Gasteiger partial charge < -0.3 is 9.47 Å². The van der Waals surface area contributed by atoms with Gasteiger partial charge in [-0.2, -0.15) is 0 Å². The molecule has 1 fully saturated rings. The van der Waals surface area contributed by atoms with Crippen molar-refractivity contribution in [3.05, 3.63) is 59.7 Å². The molecule has 1 unspecified atom stereocenters. The van der Waals surface area contributed by atoms with Crippen LogP contribution in [0.5, 0.6) is 11.5 Å². The maximum Gasteiger partial charge on any atom is 0.286 e. The molecular weight excluding hydrogens is 362 g/mol. The Hall–Kier alpha value is -2.47. The highest BCUT2D eigenvalue weighted by molar-refractivity contribution is 8.15. The minimum absolute atomic E-state index is 0.215. The van der Waals surface area contributed by atoms with E-state index in [1.54, 1.807) is 0 Å². The van der Waals surface area contributed by atoms with Gasteiger partial charge in [-0.05, 0) is 55.5 Å². The predicted molar refractivity (Wildman–Crippen MR) is 104 cm³/mol. The molecule has 1 N–H and O–H groups in total. The minimum Gasteiger partial charge on any atom is -0.489 e. The summed E-state index contributed by atoms with van der Waals surface area (Å²) < 4.78 is 12.1. The molecule has 0 bridgehead atoms. The number of fused-ring (bicyclic) bond motifs is 1. The number of imide groups is 1. The number of benzene rings is 2. The highest BCUT2D eigenvalue weighted by Gasteiger charge is 2.33. The van der Waals surface area contributed by atoms with Gasteiger partial charge in [0.25, 0.3) is 5.24 Å². The fourth-order valence-electron chi connectivity index (χ4n) is 3.33. The van der Waals surface area contributed by atoms with Crippen LogP contribution in [0.15, 0.2) is 48.5 Å². The van der Waals surface area contributed by atoms with Crippen LogP contribution in [0.4, 0.5) is 4.79 Å². The molecule has 0 aliphatic carbocycles. The standard InChI is InChI=1S/C21H21NO4S/c1-21(11-10-15-4-2-3-5-17(15)26-21)13-25-16-8-6-14(7-9-16)12-18-19(23)22-20(24)27-18/h2-9,18H,10-13H2,1H3,(H,22,23,24)/t18?,21-/m1/s1. The third-order valence-corrected chi connectivity index (χ3v) is 5.89. The van der Waals surface area contributed by atoms with Crippen molar-refractivity contribution < 1.29 is 19.1 Å². The van der Waals surface area contributed by atoms with Gasteiger partial charge in [0.1, 0.15) is 23.7 Å². The van der Waals surface area contributed by atoms with Crippen molar-refractivity contribution in [3.63, 3.8) is 0 Å². The van der Waals surface area contributed by atoms with Crippen LogP contribution in [0.1, 0.15) is 24.5 Å². The van der Waals surface area contributed by atoms with Gasteiger partial charge >= 0.3 is 0 Å². The molecule has 2 atom stereocenters. The van der Waals surface area contributed by atoms with E-state index < -0.39 is 0 Å². The van der Waals surface area contributed by atoms with E-state index in [1.165, 1.54) is 5.56 Å². The molecule has 0 radical (unpaired) electrons. The molecule has 6 heteroatoms. The van der Waals surface area contributed by atoms with E-state index in [9.17, 15) is 9.59 Å². The van der Waals surface area contributed by atoms with Gasteiger partial charge in [-0.25, -0.2) is 0 Å². The maximum atomic E-state index is 11.7. The van der Waals surface area contributed by atoms with Crippen molar-refractivity contribution >= 4 is 22.9 Å². The summed E-state index contributed by atoms with van der Waals surface area (Å²) in [5.41, 5.74) is 1.89. The summed E-state index contributed by atoms with van der Waals surface area (Å²) >= 11 is 1.05. The van der Waals surface area contributed by atoms with Crippen molar-refractivity contribution in [1.29, 1.82) is 0 Å². The van der Waals surface area contributed by atoms with E-state index >= 15 is 0 Å². The third kappa shape index (κ3) is 4.11. The van der Waals surface area contributed by atoms with Gasteiger partial charge in [-0.15, -0.1) is 0 Å². The van der Waals surface area contributed by atoms with Gasteiger partial charge in [0.15, 0.2) is 0 Å². The van der Waals surface area contributed by atoms with Crippen LogP contribution in [0.3, 0.4) is 0 Å². The predicted octanol–water partition coefficient (Wildman–Crippen LogP) is 3.74. The summed E-state index contributed by atoms with van der Waals surface area (Å²) in [5.74, 6) is 1.49. The fourth-order valence-corrected chi connectivity index (χ4v) is 4.19. The normalized spacial score (nSPS) is 24.1. The smallest absolute Gasteiger partial charge is 0.286 e. The second-order valence-corrected chi connectivity index (χ2v) is 8.36. The van der Waals surface area contributed by atoms with Crippen LogP contribution in [0.2, 0.25) is 0 Å². The second-order valence-electron chi connectivity index (χ2n) is 7.18. The Morgan fingerprint density at radius 3 is 2.70 bits per heavy atom. The Morgan fingerprint density at radius 1 is 1.19 bits per heavy atom. The number of carbonyl (C=O) groups is 2. The van der Waals surface area contributed by atoms with Crippen LogP contribution in [0.25, 0.3) is 0 Å². The van der Waals surface area contributed by atoms with Crippen molar-refractivity contribution in [2.75, 3.05) is 6.61 Å². The molecule has 0 aromatic heterocycles. The second kappa shape index (κ2) is 7.27. The number of aryl methyl sites for hydroxylation is 1. The molecular formula is C21H21NO4S. The van der Waals surface area contributed by atoms with Crippen LogP contribution < -0.4 is 14.8 Å². The Bertz CT molecular complexity index is 867. The van der Waals surface area contributed by atoms with E-state index in [4.69, 9.17) is 9.47 Å². The molecule has 1 saturated heterocycles. The minimum atomic E-state index is -0.355. The monoisotopic (exact) mass is 383 g/mol. The van der Waals surface area contributed by atoms with Gasteiger partial charge in [-0.3, -0.25) is 14.9 Å². The average molecular weight is 383 g/mol. The first-order valence-electron chi connectivity index (χ1n) is 9.01. The first-order chi connectivity index (χ1) is 13.0. The lowest BCUT2D eigenvalue weighted by Gasteiger charge is -2.35. The van der Waals surface area contributed by atoms with Gasteiger partial charge in [-0.1, -0.05) is 42.1 Å². The summed E-state index contributed by atoms with van der Waals surface area (Å²) in [4.78, 5) is 22.9. The lowest BCUT2D eigenvalue weighted by atomic mass is 9.93. The van der Waals surface area contributed by atoms with Crippen molar-refractivity contribution in [1.82, 2.24) is 5.32 Å². The maximum absolute atomic E-state index is 11.7. The number of hydrogen-bond donors (Lipinski definition) is 1. The average Bonchev–Trinajstić information content (AvgIpc) is 2.98. The quantitative estimate of drug-likeness (QED) is 0.852. The van der Waals surface area contributed by atoms with Crippen LogP contribution in [-0.2, 0) is 17.6 Å². The molecule has 2 aromatic rings. The Morgan fingerprint density at radius 2 is 1.96 bits per heavy atom. The molecule has 4 rings (SSSR count). The summed E-state index contributed by atoms with van der Waals surface area (Å²) in [5, 5.41) is 1.69. The first-order valence-corrected chi connectivity index (χ1v) is 9.89. The lowest BCUT2D eigenvalue weighted by Crippen LogP contribution is -2.42. The van der Waals surface area contributed by atoms with Crippen LogP contribution in [-0.4, -0.2) is 28.6 Å². The topological polar surface area (TPSA) is 64.6 Å². The summed E-state index contributed by atoms with van der Waals surface area (Å²) in [7, 11) is 0. The van der Waals surface area contributed by atoms with E-state index in [0.717, 1.165) is 41.7 Å². The molecule has 2 aromatic carbocycles. The molecule has 27 heavy (non-hydrogen) atoms. The summed E-state index contributed by atoms with van der Waals surface area (Å²) in [6.45, 7) is 2.54. The van der Waals surface area contributed by atoms with Crippen LogP contribution >= 0.6 is 11.8 Å². The Kier molecular flexibility index (Phi) is 4.83. The number of carbonyl (C=O) groups excluding carboxylic acids is 2. The molecule has 2 heterocycles. The van der Waals surface area contributed by atoms with Crippen molar-refractivity contribution in [2.45, 2.75) is 37.0 Å². The zero-order chi connectivity index (χ0) is 18.9. The van der Waals surface area contributed by atoms with E-state index in [0.29, 0.717) is 13.0 Å². The molecule has 2 amide bonds. The zero-order valence-electron chi connectivity index (χ0n) is 15.1. The Labute approximate surface area is 162 Å². The summed E-state index contributed by atoms with van der Waals surface area (Å²) in [6.07, 6.45) is 2.42. The number of rotatable bonds is 5. The van der Waals surface area contributed by atoms with Crippen LogP contribution in [0, 0.1) is 0 Å². The molecule has 140 valence electrons. The largest absolute Gasteiger partial charge is 0.489 e. The van der Waals surface area contributed by atoms with E-state index in [2.05, 4.69) is 18.3 Å². The highest BCUT2D eigenvalue weighted by Crippen LogP contribution is 2.33. The molecule has 5 nitrogen and oxygen atoms in total. The summed E-state index contributed by atoms with van der Waals surface area (Å²) in [6, 6.07) is 15.8. The molecule has 2 aliphatic rings. The Balaban J connectivity index is 1.34. The van der Waals surface area contributed by atoms with Gasteiger partial charge in [0.2, 0.25) is 5.91 Å². The van der Waals surface area contributed by atoms with Crippen molar-refractivity contribution in [3.8, 4) is 11.5 Å². The van der Waals surface area contributed by atoms with Gasteiger partial charge in [0, 0.05) is 0 Å². The molecule has 2 aliphatic heterocycles. The van der Waals surface area contributed by atoms with E-state index in [1.807, 2.05) is 42.5 Å². The number of hydrogen-bond acceptors (Lipinski definition) is 5. The molecule has 0 spiro atoms. The number of amides is 2. The van der Waals surface area contributed by atoms with Gasteiger partial charge in [0.05, 0.1) is 5.25 Å². The van der Waals surface area contributed by atoms with Crippen molar-refractivity contribution in [2.24, 2.45) is 0 Å². The zero-order valence-corrected chi connectivity index (χ0v) is 15.9. The SMILES string of the molecule is C[C@]1(COc2ccc(CC3SC(=O)NC3=O)cc2)CCc2ccccc2O1. The lowest BCUT2D eigenvalue weighted by molar-refractivity contribution is -0.118. The van der Waals surface area contributed by atoms with E-state index in [-0.39, 0.29) is 22.0 Å². The highest BCUT2D eigenvalue weighted by atomic mass is 32.2. The number of thioether (sulfide) groups is 1. The molecule has 0 saturated carbocycles. The third-order valence-electron chi connectivity index (χ3n) is 4.91. The number of ether oxygens (including phenoxy) is 2.